The molecule has 1 fully saturated rings. The number of hydrogen-bond donors (Lipinski definition) is 1. The molecule has 0 radical (unpaired) electrons. The fraction of sp³-hybridized carbons (Fsp3) is 0.625. The van der Waals surface area contributed by atoms with Crippen LogP contribution in [0.3, 0.4) is 0 Å². The second-order valence-electron chi connectivity index (χ2n) is 8.32. The first-order valence-corrected chi connectivity index (χ1v) is 11.4. The minimum Gasteiger partial charge on any atom is -0.496 e. The van der Waals surface area contributed by atoms with E-state index < -0.39 is 0 Å². The zero-order valence-corrected chi connectivity index (χ0v) is 18.5. The summed E-state index contributed by atoms with van der Waals surface area (Å²) in [6.07, 6.45) is 6.94. The van der Waals surface area contributed by atoms with E-state index in [2.05, 4.69) is 22.3 Å². The van der Waals surface area contributed by atoms with Crippen LogP contribution in [-0.2, 0) is 28.9 Å². The second-order valence-corrected chi connectivity index (χ2v) is 8.32. The van der Waals surface area contributed by atoms with Gasteiger partial charge in [-0.3, -0.25) is 4.98 Å². The predicted molar refractivity (Wildman–Crippen MR) is 121 cm³/mol. The molecule has 0 atom stereocenters. The fourth-order valence-electron chi connectivity index (χ4n) is 4.65. The number of methoxy groups -OCH3 is 2. The molecule has 1 aliphatic carbocycles. The Morgan fingerprint density at radius 1 is 1.07 bits per heavy atom. The molecule has 1 N–H and O–H groups in total. The highest BCUT2D eigenvalue weighted by Crippen LogP contribution is 2.37. The summed E-state index contributed by atoms with van der Waals surface area (Å²) >= 11 is 0. The van der Waals surface area contributed by atoms with E-state index in [1.54, 1.807) is 14.2 Å². The number of aromatic nitrogens is 1. The van der Waals surface area contributed by atoms with Crippen LogP contribution in [0.5, 0.6) is 5.75 Å². The molecular formula is C24H35N3O3. The Hall–Kier alpha value is -1.89. The van der Waals surface area contributed by atoms with Crippen molar-refractivity contribution in [2.75, 3.05) is 58.9 Å². The maximum atomic E-state index is 6.01. The molecule has 1 aromatic heterocycles. The first-order chi connectivity index (χ1) is 14.8. The van der Waals surface area contributed by atoms with Crippen molar-refractivity contribution in [2.45, 2.75) is 45.1 Å². The molecule has 0 unspecified atom stereocenters. The molecular weight excluding hydrogens is 378 g/mol. The highest BCUT2D eigenvalue weighted by Gasteiger charge is 2.21. The van der Waals surface area contributed by atoms with Crippen molar-refractivity contribution in [3.8, 4) is 5.75 Å². The van der Waals surface area contributed by atoms with Crippen molar-refractivity contribution in [3.05, 3.63) is 29.0 Å². The molecule has 1 aliphatic heterocycles. The molecule has 2 aliphatic rings. The number of anilines is 1. The van der Waals surface area contributed by atoms with Crippen LogP contribution in [0.4, 0.5) is 5.69 Å². The van der Waals surface area contributed by atoms with Crippen LogP contribution in [0.2, 0.25) is 0 Å². The summed E-state index contributed by atoms with van der Waals surface area (Å²) in [6, 6.07) is 4.29. The van der Waals surface area contributed by atoms with Crippen molar-refractivity contribution in [3.63, 3.8) is 0 Å². The fourth-order valence-corrected chi connectivity index (χ4v) is 4.65. The number of likely N-dealkylation sites (tertiary alicyclic amines) is 1. The normalized spacial score (nSPS) is 16.3. The lowest BCUT2D eigenvalue weighted by atomic mass is 10.0. The van der Waals surface area contributed by atoms with Crippen LogP contribution >= 0.6 is 0 Å². The van der Waals surface area contributed by atoms with Crippen LogP contribution in [-0.4, -0.2) is 63.5 Å². The van der Waals surface area contributed by atoms with Gasteiger partial charge in [-0.05, 0) is 69.3 Å². The molecule has 6 heteroatoms. The first-order valence-electron chi connectivity index (χ1n) is 11.4. The van der Waals surface area contributed by atoms with E-state index in [9.17, 15) is 0 Å². The molecule has 1 aromatic carbocycles. The Morgan fingerprint density at radius 3 is 2.73 bits per heavy atom. The van der Waals surface area contributed by atoms with Gasteiger partial charge in [0.05, 0.1) is 25.8 Å². The molecule has 0 spiro atoms. The van der Waals surface area contributed by atoms with E-state index in [1.807, 2.05) is 0 Å². The van der Waals surface area contributed by atoms with E-state index in [0.29, 0.717) is 6.61 Å². The van der Waals surface area contributed by atoms with E-state index in [-0.39, 0.29) is 0 Å². The van der Waals surface area contributed by atoms with Crippen molar-refractivity contribution >= 4 is 16.6 Å². The highest BCUT2D eigenvalue weighted by atomic mass is 16.5. The molecule has 2 aromatic rings. The van der Waals surface area contributed by atoms with E-state index in [4.69, 9.17) is 19.2 Å². The summed E-state index contributed by atoms with van der Waals surface area (Å²) in [4.78, 5) is 7.48. The van der Waals surface area contributed by atoms with Crippen molar-refractivity contribution in [1.29, 1.82) is 0 Å². The largest absolute Gasteiger partial charge is 0.496 e. The molecule has 4 rings (SSSR count). The minimum absolute atomic E-state index is 0.558. The number of hydrogen-bond acceptors (Lipinski definition) is 6. The Morgan fingerprint density at radius 2 is 1.93 bits per heavy atom. The topological polar surface area (TPSA) is 55.8 Å². The van der Waals surface area contributed by atoms with Gasteiger partial charge < -0.3 is 24.4 Å². The van der Waals surface area contributed by atoms with Gasteiger partial charge in [0, 0.05) is 49.1 Å². The third-order valence-electron chi connectivity index (χ3n) is 6.25. The number of aryl methyl sites for hydroxylation is 1. The summed E-state index contributed by atoms with van der Waals surface area (Å²) < 4.78 is 16.9. The molecule has 1 saturated heterocycles. The van der Waals surface area contributed by atoms with Gasteiger partial charge in [0.15, 0.2) is 0 Å². The minimum atomic E-state index is 0.558. The standard InChI is InChI=1S/C24H35N3O3/c1-28-13-6-9-25-24-19-7-5-8-21(19)26-22-15-18(23(29-2)16-20(22)24)17-30-14-12-27-10-3-4-11-27/h15-16H,3-14,17H2,1-2H3,(H,25,26). The molecule has 164 valence electrons. The van der Waals surface area contributed by atoms with Gasteiger partial charge in [-0.2, -0.15) is 0 Å². The summed E-state index contributed by atoms with van der Waals surface area (Å²) in [6.45, 7) is 6.39. The van der Waals surface area contributed by atoms with Gasteiger partial charge >= 0.3 is 0 Å². The Kier molecular flexibility index (Phi) is 7.42. The summed E-state index contributed by atoms with van der Waals surface area (Å²) in [5.74, 6) is 0.878. The Balaban J connectivity index is 1.53. The quantitative estimate of drug-likeness (QED) is 0.566. The van der Waals surface area contributed by atoms with Gasteiger partial charge in [-0.25, -0.2) is 0 Å². The van der Waals surface area contributed by atoms with Gasteiger partial charge in [0.1, 0.15) is 5.75 Å². The van der Waals surface area contributed by atoms with E-state index in [0.717, 1.165) is 67.8 Å². The third-order valence-corrected chi connectivity index (χ3v) is 6.25. The van der Waals surface area contributed by atoms with Gasteiger partial charge in [0.2, 0.25) is 0 Å². The van der Waals surface area contributed by atoms with Crippen LogP contribution in [0.1, 0.15) is 42.5 Å². The number of pyridine rings is 1. The van der Waals surface area contributed by atoms with E-state index >= 15 is 0 Å². The first kappa shape index (κ1) is 21.3. The highest BCUT2D eigenvalue weighted by molar-refractivity contribution is 5.95. The van der Waals surface area contributed by atoms with Crippen LogP contribution in [0, 0.1) is 0 Å². The van der Waals surface area contributed by atoms with Crippen LogP contribution in [0.25, 0.3) is 10.9 Å². The van der Waals surface area contributed by atoms with Crippen LogP contribution < -0.4 is 10.1 Å². The van der Waals surface area contributed by atoms with Crippen LogP contribution in [0.15, 0.2) is 12.1 Å². The van der Waals surface area contributed by atoms with E-state index in [1.165, 1.54) is 49.3 Å². The second kappa shape index (κ2) is 10.4. The molecule has 2 heterocycles. The number of fused-ring (bicyclic) bond motifs is 2. The number of nitrogens with zero attached hydrogens (tertiary/aromatic N) is 2. The van der Waals surface area contributed by atoms with Gasteiger partial charge in [0.25, 0.3) is 0 Å². The molecule has 0 bridgehead atoms. The number of benzene rings is 1. The SMILES string of the molecule is COCCCNc1c2c(nc3cc(COCCN4CCCC4)c(OC)cc13)CCC2. The lowest BCUT2D eigenvalue weighted by molar-refractivity contribution is 0.0979. The number of nitrogens with one attached hydrogen (secondary N) is 1. The molecule has 0 saturated carbocycles. The molecule has 30 heavy (non-hydrogen) atoms. The van der Waals surface area contributed by atoms with Crippen molar-refractivity contribution in [2.24, 2.45) is 0 Å². The Labute approximate surface area is 179 Å². The van der Waals surface area contributed by atoms with Crippen molar-refractivity contribution < 1.29 is 14.2 Å². The van der Waals surface area contributed by atoms with Crippen molar-refractivity contribution in [1.82, 2.24) is 9.88 Å². The average Bonchev–Trinajstić information content (AvgIpc) is 3.45. The monoisotopic (exact) mass is 413 g/mol. The van der Waals surface area contributed by atoms with Gasteiger partial charge in [-0.1, -0.05) is 0 Å². The smallest absolute Gasteiger partial charge is 0.125 e. The maximum Gasteiger partial charge on any atom is 0.125 e. The van der Waals surface area contributed by atoms with Gasteiger partial charge in [-0.15, -0.1) is 0 Å². The lowest BCUT2D eigenvalue weighted by Gasteiger charge is -2.18. The summed E-state index contributed by atoms with van der Waals surface area (Å²) in [5, 5.41) is 4.81. The Bertz CT molecular complexity index is 849. The lowest BCUT2D eigenvalue weighted by Crippen LogP contribution is -2.23. The number of rotatable bonds is 11. The molecule has 6 nitrogen and oxygen atoms in total. The molecule has 0 amide bonds. The number of ether oxygens (including phenoxy) is 3. The summed E-state index contributed by atoms with van der Waals surface area (Å²) in [5.41, 5.74) is 5.94. The predicted octanol–water partition coefficient (Wildman–Crippen LogP) is 3.79. The zero-order chi connectivity index (χ0) is 20.8. The maximum absolute atomic E-state index is 6.01. The zero-order valence-electron chi connectivity index (χ0n) is 18.5. The third kappa shape index (κ3) is 4.88. The summed E-state index contributed by atoms with van der Waals surface area (Å²) in [7, 11) is 3.49. The average molecular weight is 414 g/mol.